The van der Waals surface area contributed by atoms with Gasteiger partial charge in [0, 0.05) is 11.8 Å². The summed E-state index contributed by atoms with van der Waals surface area (Å²) in [5, 5.41) is 22.6. The number of carboxylic acid groups (broad SMARTS) is 1. The van der Waals surface area contributed by atoms with Gasteiger partial charge in [0.15, 0.2) is 0 Å². The van der Waals surface area contributed by atoms with E-state index in [1.54, 1.807) is 20.8 Å². The van der Waals surface area contributed by atoms with Crippen molar-refractivity contribution >= 4 is 35.5 Å². The van der Waals surface area contributed by atoms with E-state index in [0.29, 0.717) is 17.8 Å². The van der Waals surface area contributed by atoms with Crippen molar-refractivity contribution in [1.82, 2.24) is 5.32 Å². The van der Waals surface area contributed by atoms with E-state index in [0.717, 1.165) is 13.2 Å². The number of ether oxygens (including phenoxy) is 2. The fraction of sp³-hybridized carbons (Fsp3) is 0.438. The van der Waals surface area contributed by atoms with Gasteiger partial charge in [-0.25, -0.2) is 18.8 Å². The van der Waals surface area contributed by atoms with Gasteiger partial charge >= 0.3 is 18.0 Å². The molecule has 0 unspecified atom stereocenters. The highest BCUT2D eigenvalue weighted by molar-refractivity contribution is 7.99. The number of thioether (sulfide) groups is 1. The SMILES string of the molecule is COC(=O)c1cc([N+](=O)[O-])c(SC[C@H](NC(=O)OC(C)(C)C)C(=O)O)cc1F. The molecule has 0 aliphatic rings. The summed E-state index contributed by atoms with van der Waals surface area (Å²) in [4.78, 5) is 44.7. The number of amides is 1. The van der Waals surface area contributed by atoms with Crippen molar-refractivity contribution in [2.75, 3.05) is 12.9 Å². The predicted octanol–water partition coefficient (Wildman–Crippen LogP) is 2.59. The molecule has 0 radical (unpaired) electrons. The van der Waals surface area contributed by atoms with E-state index in [9.17, 15) is 34.0 Å². The maximum absolute atomic E-state index is 14.1. The van der Waals surface area contributed by atoms with Crippen molar-refractivity contribution in [3.05, 3.63) is 33.6 Å². The number of carbonyl (C=O) groups excluding carboxylic acids is 2. The summed E-state index contributed by atoms with van der Waals surface area (Å²) in [6, 6.07) is -0.00930. The number of nitrogens with zero attached hydrogens (tertiary/aromatic N) is 1. The van der Waals surface area contributed by atoms with Crippen LogP contribution in [0.3, 0.4) is 0 Å². The minimum absolute atomic E-state index is 0.215. The molecule has 0 heterocycles. The number of alkyl carbamates (subject to hydrolysis) is 1. The minimum atomic E-state index is -1.46. The third-order valence-electron chi connectivity index (χ3n) is 3.05. The molecule has 10 nitrogen and oxygen atoms in total. The number of benzene rings is 1. The van der Waals surface area contributed by atoms with E-state index in [1.807, 2.05) is 0 Å². The van der Waals surface area contributed by atoms with Crippen molar-refractivity contribution in [3.8, 4) is 0 Å². The molecular formula is C16H19FN2O8S. The molecule has 28 heavy (non-hydrogen) atoms. The van der Waals surface area contributed by atoms with Gasteiger partial charge in [-0.15, -0.1) is 11.8 Å². The number of rotatable bonds is 7. The Morgan fingerprint density at radius 3 is 2.43 bits per heavy atom. The first-order valence-electron chi connectivity index (χ1n) is 7.77. The molecule has 0 saturated heterocycles. The number of nitrogens with one attached hydrogen (secondary N) is 1. The molecule has 0 saturated carbocycles. The molecule has 1 atom stereocenters. The number of hydrogen-bond donors (Lipinski definition) is 2. The molecule has 0 aliphatic heterocycles. The van der Waals surface area contributed by atoms with Gasteiger partial charge in [-0.1, -0.05) is 0 Å². The van der Waals surface area contributed by atoms with Crippen LogP contribution in [0.25, 0.3) is 0 Å². The number of hydrogen-bond acceptors (Lipinski definition) is 8. The molecule has 0 spiro atoms. The van der Waals surface area contributed by atoms with Crippen LogP contribution in [0, 0.1) is 15.9 Å². The smallest absolute Gasteiger partial charge is 0.408 e. The Bertz CT molecular complexity index is 794. The van der Waals surface area contributed by atoms with Gasteiger partial charge in [0.2, 0.25) is 0 Å². The number of nitro groups is 1. The van der Waals surface area contributed by atoms with E-state index in [-0.39, 0.29) is 10.6 Å². The van der Waals surface area contributed by atoms with Crippen LogP contribution in [0.5, 0.6) is 0 Å². The highest BCUT2D eigenvalue weighted by atomic mass is 32.2. The van der Waals surface area contributed by atoms with Crippen molar-refractivity contribution in [2.24, 2.45) is 0 Å². The van der Waals surface area contributed by atoms with Gasteiger partial charge in [-0.05, 0) is 26.8 Å². The summed E-state index contributed by atoms with van der Waals surface area (Å²) < 4.78 is 23.4. The van der Waals surface area contributed by atoms with Crippen LogP contribution in [0.1, 0.15) is 31.1 Å². The minimum Gasteiger partial charge on any atom is -0.480 e. The predicted molar refractivity (Wildman–Crippen MR) is 95.9 cm³/mol. The molecule has 12 heteroatoms. The molecule has 0 fully saturated rings. The fourth-order valence-electron chi connectivity index (χ4n) is 1.87. The van der Waals surface area contributed by atoms with Gasteiger partial charge in [-0.3, -0.25) is 10.1 Å². The fourth-order valence-corrected chi connectivity index (χ4v) is 2.91. The lowest BCUT2D eigenvalue weighted by molar-refractivity contribution is -0.387. The Morgan fingerprint density at radius 1 is 1.36 bits per heavy atom. The first-order chi connectivity index (χ1) is 12.9. The maximum atomic E-state index is 14.1. The second-order valence-corrected chi connectivity index (χ2v) is 7.46. The Kier molecular flexibility index (Phi) is 7.73. The van der Waals surface area contributed by atoms with Crippen LogP contribution >= 0.6 is 11.8 Å². The standard InChI is InChI=1S/C16H19FN2O8S/c1-16(2,3)27-15(23)18-10(13(20)21)7-28-12-6-9(17)8(14(22)26-4)5-11(12)19(24)25/h5-6,10H,7H2,1-4H3,(H,18,23)(H,20,21)/t10-/m0/s1. The van der Waals surface area contributed by atoms with Crippen LogP contribution in [-0.4, -0.2) is 52.6 Å². The summed E-state index contributed by atoms with van der Waals surface area (Å²) in [5.74, 6) is -3.92. The van der Waals surface area contributed by atoms with Crippen LogP contribution in [-0.2, 0) is 14.3 Å². The number of methoxy groups -OCH3 is 1. The molecule has 1 rings (SSSR count). The summed E-state index contributed by atoms with van der Waals surface area (Å²) in [7, 11) is 0.996. The van der Waals surface area contributed by atoms with Crippen LogP contribution in [0.4, 0.5) is 14.9 Å². The van der Waals surface area contributed by atoms with Crippen LogP contribution < -0.4 is 5.32 Å². The summed E-state index contributed by atoms with van der Waals surface area (Å²) in [5.41, 5.74) is -2.08. The molecule has 0 bridgehead atoms. The number of carboxylic acids is 1. The molecule has 2 N–H and O–H groups in total. The third kappa shape index (κ3) is 6.68. The molecule has 1 aromatic carbocycles. The monoisotopic (exact) mass is 418 g/mol. The molecule has 0 aromatic heterocycles. The molecular weight excluding hydrogens is 399 g/mol. The molecule has 1 amide bonds. The molecule has 154 valence electrons. The maximum Gasteiger partial charge on any atom is 0.408 e. The first kappa shape index (κ1) is 23.1. The Morgan fingerprint density at radius 2 is 1.96 bits per heavy atom. The zero-order chi connectivity index (χ0) is 21.6. The van der Waals surface area contributed by atoms with Gasteiger partial charge in [0.05, 0.1) is 16.9 Å². The number of nitro benzene ring substituents is 1. The van der Waals surface area contributed by atoms with Crippen molar-refractivity contribution in [2.45, 2.75) is 37.3 Å². The second-order valence-electron chi connectivity index (χ2n) is 6.40. The average Bonchev–Trinajstić information content (AvgIpc) is 2.55. The topological polar surface area (TPSA) is 145 Å². The van der Waals surface area contributed by atoms with E-state index >= 15 is 0 Å². The molecule has 0 aliphatic carbocycles. The normalized spacial score (nSPS) is 12.0. The molecule has 1 aromatic rings. The van der Waals surface area contributed by atoms with Crippen molar-refractivity contribution < 1.29 is 38.3 Å². The lowest BCUT2D eigenvalue weighted by atomic mass is 10.2. The summed E-state index contributed by atoms with van der Waals surface area (Å²) >= 11 is 0.629. The van der Waals surface area contributed by atoms with Crippen molar-refractivity contribution in [3.63, 3.8) is 0 Å². The number of carbonyl (C=O) groups is 3. The van der Waals surface area contributed by atoms with E-state index in [1.165, 1.54) is 0 Å². The van der Waals surface area contributed by atoms with Gasteiger partial charge in [-0.2, -0.15) is 0 Å². The third-order valence-corrected chi connectivity index (χ3v) is 4.18. The Hall–Kier alpha value is -2.89. The van der Waals surface area contributed by atoms with Crippen LogP contribution in [0.15, 0.2) is 17.0 Å². The number of esters is 1. The Balaban J connectivity index is 3.03. The van der Waals surface area contributed by atoms with E-state index < -0.39 is 51.7 Å². The van der Waals surface area contributed by atoms with Crippen LogP contribution in [0.2, 0.25) is 0 Å². The zero-order valence-corrected chi connectivity index (χ0v) is 16.3. The van der Waals surface area contributed by atoms with Gasteiger partial charge < -0.3 is 19.9 Å². The zero-order valence-electron chi connectivity index (χ0n) is 15.5. The van der Waals surface area contributed by atoms with Gasteiger partial charge in [0.1, 0.15) is 23.0 Å². The number of aliphatic carboxylic acids is 1. The lowest BCUT2D eigenvalue weighted by Crippen LogP contribution is -2.44. The largest absolute Gasteiger partial charge is 0.480 e. The van der Waals surface area contributed by atoms with E-state index in [2.05, 4.69) is 10.1 Å². The lowest BCUT2D eigenvalue weighted by Gasteiger charge is -2.21. The Labute approximate surface area is 163 Å². The van der Waals surface area contributed by atoms with E-state index in [4.69, 9.17) is 4.74 Å². The van der Waals surface area contributed by atoms with Crippen molar-refractivity contribution in [1.29, 1.82) is 0 Å². The quantitative estimate of drug-likeness (QED) is 0.295. The summed E-state index contributed by atoms with van der Waals surface area (Å²) in [6.07, 6.45) is -0.984. The van der Waals surface area contributed by atoms with Gasteiger partial charge in [0.25, 0.3) is 5.69 Å². The first-order valence-corrected chi connectivity index (χ1v) is 8.75. The second kappa shape index (κ2) is 9.35. The highest BCUT2D eigenvalue weighted by Gasteiger charge is 2.27. The average molecular weight is 418 g/mol. The summed E-state index contributed by atoms with van der Waals surface area (Å²) in [6.45, 7) is 4.77. The highest BCUT2D eigenvalue weighted by Crippen LogP contribution is 2.32. The number of halogens is 1.